The summed E-state index contributed by atoms with van der Waals surface area (Å²) in [5, 5.41) is 4.45. The van der Waals surface area contributed by atoms with E-state index in [1.807, 2.05) is 48.5 Å². The number of nitrogens with one attached hydrogen (secondary N) is 1. The number of rotatable bonds is 4. The lowest BCUT2D eigenvalue weighted by Crippen LogP contribution is -2.02. The zero-order valence-electron chi connectivity index (χ0n) is 11.6. The monoisotopic (exact) mass is 342 g/mol. The standard InChI is InChI=1S/C17H15BrN2O/c1-21-16-7-2-4-12-8-9-15(20-17(12)16)11-19-14-6-3-5-13(18)10-14/h2-10,19H,11H2,1H3. The fourth-order valence-electron chi connectivity index (χ4n) is 2.21. The Kier molecular flexibility index (Phi) is 4.06. The summed E-state index contributed by atoms with van der Waals surface area (Å²) >= 11 is 3.47. The molecule has 106 valence electrons. The summed E-state index contributed by atoms with van der Waals surface area (Å²) in [6.45, 7) is 0.671. The highest BCUT2D eigenvalue weighted by Crippen LogP contribution is 2.24. The van der Waals surface area contributed by atoms with Crippen LogP contribution < -0.4 is 10.1 Å². The highest BCUT2D eigenvalue weighted by molar-refractivity contribution is 9.10. The minimum Gasteiger partial charge on any atom is -0.494 e. The molecule has 0 radical (unpaired) electrons. The number of hydrogen-bond acceptors (Lipinski definition) is 3. The first kappa shape index (κ1) is 13.9. The Morgan fingerprint density at radius 1 is 1.10 bits per heavy atom. The van der Waals surface area contributed by atoms with Gasteiger partial charge in [0.2, 0.25) is 0 Å². The van der Waals surface area contributed by atoms with Crippen LogP contribution in [0.5, 0.6) is 5.75 Å². The molecule has 0 aliphatic heterocycles. The van der Waals surface area contributed by atoms with Crippen molar-refractivity contribution in [3.8, 4) is 5.75 Å². The third-order valence-electron chi connectivity index (χ3n) is 3.26. The van der Waals surface area contributed by atoms with Crippen LogP contribution in [0.1, 0.15) is 5.69 Å². The van der Waals surface area contributed by atoms with Crippen LogP contribution in [-0.4, -0.2) is 12.1 Å². The number of anilines is 1. The van der Waals surface area contributed by atoms with Gasteiger partial charge in [0.1, 0.15) is 11.3 Å². The average Bonchev–Trinajstić information content (AvgIpc) is 2.52. The van der Waals surface area contributed by atoms with Gasteiger partial charge in [0.25, 0.3) is 0 Å². The molecular weight excluding hydrogens is 328 g/mol. The van der Waals surface area contributed by atoms with Crippen molar-refractivity contribution in [3.05, 3.63) is 64.8 Å². The predicted molar refractivity (Wildman–Crippen MR) is 89.8 cm³/mol. The maximum absolute atomic E-state index is 5.37. The number of aromatic nitrogens is 1. The van der Waals surface area contributed by atoms with E-state index in [0.717, 1.165) is 32.5 Å². The van der Waals surface area contributed by atoms with E-state index in [1.54, 1.807) is 7.11 Å². The molecule has 1 heterocycles. The van der Waals surface area contributed by atoms with Gasteiger partial charge in [0, 0.05) is 15.5 Å². The zero-order chi connectivity index (χ0) is 14.7. The number of halogens is 1. The molecule has 3 aromatic rings. The molecular formula is C17H15BrN2O. The molecule has 21 heavy (non-hydrogen) atoms. The van der Waals surface area contributed by atoms with Crippen LogP contribution >= 0.6 is 15.9 Å². The highest BCUT2D eigenvalue weighted by atomic mass is 79.9. The number of hydrogen-bond donors (Lipinski definition) is 1. The molecule has 0 atom stereocenters. The second kappa shape index (κ2) is 6.14. The Balaban J connectivity index is 1.84. The Morgan fingerprint density at radius 2 is 1.95 bits per heavy atom. The minimum atomic E-state index is 0.671. The van der Waals surface area contributed by atoms with Gasteiger partial charge in [0.15, 0.2) is 0 Å². The zero-order valence-corrected chi connectivity index (χ0v) is 13.2. The van der Waals surface area contributed by atoms with Gasteiger partial charge in [-0.2, -0.15) is 0 Å². The SMILES string of the molecule is COc1cccc2ccc(CNc3cccc(Br)c3)nc12. The van der Waals surface area contributed by atoms with E-state index in [1.165, 1.54) is 0 Å². The van der Waals surface area contributed by atoms with Crippen LogP contribution in [0, 0.1) is 0 Å². The van der Waals surface area contributed by atoms with E-state index in [-0.39, 0.29) is 0 Å². The summed E-state index contributed by atoms with van der Waals surface area (Å²) in [5.41, 5.74) is 2.94. The topological polar surface area (TPSA) is 34.1 Å². The molecule has 0 aliphatic carbocycles. The fraction of sp³-hybridized carbons (Fsp3) is 0.118. The first-order valence-corrected chi connectivity index (χ1v) is 7.47. The average molecular weight is 343 g/mol. The molecule has 1 N–H and O–H groups in total. The van der Waals surface area contributed by atoms with Crippen molar-refractivity contribution in [2.75, 3.05) is 12.4 Å². The molecule has 0 saturated carbocycles. The van der Waals surface area contributed by atoms with Crippen molar-refractivity contribution >= 4 is 32.5 Å². The van der Waals surface area contributed by atoms with Crippen molar-refractivity contribution in [1.29, 1.82) is 0 Å². The molecule has 0 saturated heterocycles. The molecule has 0 bridgehead atoms. The van der Waals surface area contributed by atoms with Gasteiger partial charge in [-0.25, -0.2) is 4.98 Å². The Bertz CT molecular complexity index is 774. The molecule has 3 rings (SSSR count). The van der Waals surface area contributed by atoms with Crippen molar-refractivity contribution in [2.24, 2.45) is 0 Å². The second-order valence-electron chi connectivity index (χ2n) is 4.70. The van der Waals surface area contributed by atoms with Gasteiger partial charge in [-0.3, -0.25) is 0 Å². The van der Waals surface area contributed by atoms with Crippen LogP contribution in [0.2, 0.25) is 0 Å². The second-order valence-corrected chi connectivity index (χ2v) is 5.61. The lowest BCUT2D eigenvalue weighted by molar-refractivity contribution is 0.419. The van der Waals surface area contributed by atoms with E-state index < -0.39 is 0 Å². The molecule has 0 fully saturated rings. The van der Waals surface area contributed by atoms with Gasteiger partial charge < -0.3 is 10.1 Å². The number of pyridine rings is 1. The molecule has 0 unspecified atom stereocenters. The number of nitrogens with zero attached hydrogens (tertiary/aromatic N) is 1. The first-order valence-electron chi connectivity index (χ1n) is 6.68. The van der Waals surface area contributed by atoms with Crippen LogP contribution in [0.15, 0.2) is 59.1 Å². The first-order chi connectivity index (χ1) is 10.3. The van der Waals surface area contributed by atoms with Gasteiger partial charge in [0.05, 0.1) is 19.3 Å². The number of para-hydroxylation sites is 1. The lowest BCUT2D eigenvalue weighted by atomic mass is 10.2. The van der Waals surface area contributed by atoms with E-state index in [0.29, 0.717) is 6.54 Å². The number of benzene rings is 2. The molecule has 4 heteroatoms. The van der Waals surface area contributed by atoms with Crippen LogP contribution in [-0.2, 0) is 6.54 Å². The maximum atomic E-state index is 5.37. The van der Waals surface area contributed by atoms with Gasteiger partial charge in [-0.15, -0.1) is 0 Å². The van der Waals surface area contributed by atoms with Crippen molar-refractivity contribution in [2.45, 2.75) is 6.54 Å². The maximum Gasteiger partial charge on any atom is 0.145 e. The Labute approximate surface area is 132 Å². The summed E-state index contributed by atoms with van der Waals surface area (Å²) in [4.78, 5) is 4.68. The Hall–Kier alpha value is -2.07. The summed E-state index contributed by atoms with van der Waals surface area (Å²) in [7, 11) is 1.67. The lowest BCUT2D eigenvalue weighted by Gasteiger charge is -2.09. The quantitative estimate of drug-likeness (QED) is 0.751. The van der Waals surface area contributed by atoms with Crippen molar-refractivity contribution < 1.29 is 4.74 Å². The van der Waals surface area contributed by atoms with Gasteiger partial charge in [-0.1, -0.05) is 40.2 Å². The van der Waals surface area contributed by atoms with Gasteiger partial charge >= 0.3 is 0 Å². The molecule has 0 amide bonds. The summed E-state index contributed by atoms with van der Waals surface area (Å²) in [6.07, 6.45) is 0. The summed E-state index contributed by atoms with van der Waals surface area (Å²) < 4.78 is 6.43. The minimum absolute atomic E-state index is 0.671. The molecule has 2 aromatic carbocycles. The van der Waals surface area contributed by atoms with E-state index in [2.05, 4.69) is 32.3 Å². The van der Waals surface area contributed by atoms with E-state index >= 15 is 0 Å². The normalized spacial score (nSPS) is 10.6. The summed E-state index contributed by atoms with van der Waals surface area (Å²) in [6, 6.07) is 18.1. The third-order valence-corrected chi connectivity index (χ3v) is 3.75. The third kappa shape index (κ3) is 3.16. The molecule has 0 aliphatic rings. The number of ether oxygens (including phenoxy) is 1. The van der Waals surface area contributed by atoms with Gasteiger partial charge in [-0.05, 0) is 30.3 Å². The smallest absolute Gasteiger partial charge is 0.145 e. The van der Waals surface area contributed by atoms with Crippen molar-refractivity contribution in [3.63, 3.8) is 0 Å². The number of fused-ring (bicyclic) bond motifs is 1. The van der Waals surface area contributed by atoms with Crippen LogP contribution in [0.25, 0.3) is 10.9 Å². The fourth-order valence-corrected chi connectivity index (χ4v) is 2.61. The van der Waals surface area contributed by atoms with Crippen molar-refractivity contribution in [1.82, 2.24) is 4.98 Å². The number of methoxy groups -OCH3 is 1. The van der Waals surface area contributed by atoms with E-state index in [4.69, 9.17) is 4.74 Å². The highest BCUT2D eigenvalue weighted by Gasteiger charge is 2.04. The molecule has 0 spiro atoms. The van der Waals surface area contributed by atoms with E-state index in [9.17, 15) is 0 Å². The largest absolute Gasteiger partial charge is 0.494 e. The molecule has 1 aromatic heterocycles. The van der Waals surface area contributed by atoms with Crippen LogP contribution in [0.4, 0.5) is 5.69 Å². The summed E-state index contributed by atoms with van der Waals surface area (Å²) in [5.74, 6) is 0.803. The van der Waals surface area contributed by atoms with Crippen LogP contribution in [0.3, 0.4) is 0 Å². The Morgan fingerprint density at radius 3 is 2.76 bits per heavy atom. The predicted octanol–water partition coefficient (Wildman–Crippen LogP) is 4.62. The molecule has 3 nitrogen and oxygen atoms in total.